The molecule has 0 atom stereocenters. The Morgan fingerprint density at radius 1 is 0.340 bits per heavy atom. The second kappa shape index (κ2) is 12.7. The summed E-state index contributed by atoms with van der Waals surface area (Å²) in [7, 11) is 2.11. The van der Waals surface area contributed by atoms with Crippen molar-refractivity contribution in [2.24, 2.45) is 0 Å². The van der Waals surface area contributed by atoms with Gasteiger partial charge in [0.05, 0.1) is 11.0 Å². The molecule has 0 saturated carbocycles. The molecule has 0 amide bonds. The number of para-hydroxylation sites is 1. The molecule has 0 saturated heterocycles. The van der Waals surface area contributed by atoms with Crippen molar-refractivity contribution < 1.29 is 0 Å². The average Bonchev–Trinajstić information content (AvgIpc) is 3.60. The molecule has 1 heterocycles. The zero-order chi connectivity index (χ0) is 35.3. The molecular formula is C51H36N2. The van der Waals surface area contributed by atoms with Gasteiger partial charge >= 0.3 is 0 Å². The average molecular weight is 677 g/mol. The maximum Gasteiger partial charge on any atom is 0.0626 e. The van der Waals surface area contributed by atoms with Gasteiger partial charge in [0.2, 0.25) is 0 Å². The first-order valence-electron chi connectivity index (χ1n) is 18.2. The van der Waals surface area contributed by atoms with Crippen LogP contribution in [-0.2, 0) is 0 Å². The van der Waals surface area contributed by atoms with Gasteiger partial charge < -0.3 is 9.47 Å². The quantitative estimate of drug-likeness (QED) is 0.159. The van der Waals surface area contributed by atoms with Crippen LogP contribution < -0.4 is 4.90 Å². The van der Waals surface area contributed by atoms with Crippen LogP contribution in [0.25, 0.3) is 82.4 Å². The van der Waals surface area contributed by atoms with Crippen molar-refractivity contribution in [3.63, 3.8) is 0 Å². The Hall–Kier alpha value is -6.90. The van der Waals surface area contributed by atoms with E-state index in [1.807, 2.05) is 0 Å². The molecule has 0 spiro atoms. The van der Waals surface area contributed by atoms with Crippen LogP contribution in [0, 0.1) is 0 Å². The number of anilines is 2. The van der Waals surface area contributed by atoms with Crippen LogP contribution in [0.1, 0.15) is 0 Å². The van der Waals surface area contributed by atoms with E-state index in [2.05, 4.69) is 217 Å². The normalized spacial score (nSPS) is 11.5. The summed E-state index contributed by atoms with van der Waals surface area (Å²) < 4.78 is 2.49. The first-order chi connectivity index (χ1) is 26.2. The minimum atomic E-state index is 1.15. The van der Waals surface area contributed by atoms with Gasteiger partial charge in [-0.2, -0.15) is 0 Å². The lowest BCUT2D eigenvalue weighted by Gasteiger charge is -2.19. The highest BCUT2D eigenvalue weighted by molar-refractivity contribution is 6.34. The van der Waals surface area contributed by atoms with Crippen LogP contribution >= 0.6 is 0 Å². The van der Waals surface area contributed by atoms with Gasteiger partial charge in [0.15, 0.2) is 0 Å². The van der Waals surface area contributed by atoms with E-state index in [9.17, 15) is 0 Å². The second-order valence-electron chi connectivity index (χ2n) is 13.8. The maximum absolute atomic E-state index is 2.49. The minimum Gasteiger partial charge on any atom is -0.345 e. The van der Waals surface area contributed by atoms with Gasteiger partial charge in [-0.05, 0) is 92.0 Å². The number of nitrogens with zero attached hydrogens (tertiary/aromatic N) is 2. The first kappa shape index (κ1) is 30.9. The largest absolute Gasteiger partial charge is 0.345 e. The van der Waals surface area contributed by atoms with Crippen molar-refractivity contribution in [3.05, 3.63) is 200 Å². The smallest absolute Gasteiger partial charge is 0.0626 e. The molecule has 53 heavy (non-hydrogen) atoms. The molecule has 10 rings (SSSR count). The Morgan fingerprint density at radius 2 is 0.811 bits per heavy atom. The summed E-state index contributed by atoms with van der Waals surface area (Å²) in [5.41, 5.74) is 13.2. The molecule has 0 aliphatic rings. The van der Waals surface area contributed by atoms with Gasteiger partial charge in [-0.15, -0.1) is 0 Å². The summed E-state index contributed by atoms with van der Waals surface area (Å²) in [5, 5.41) is 7.65. The molecular weight excluding hydrogens is 641 g/mol. The number of rotatable bonds is 6. The van der Waals surface area contributed by atoms with E-state index >= 15 is 0 Å². The molecule has 2 nitrogen and oxygen atoms in total. The monoisotopic (exact) mass is 676 g/mol. The lowest BCUT2D eigenvalue weighted by atomic mass is 9.93. The molecule has 10 aromatic rings. The summed E-state index contributed by atoms with van der Waals surface area (Å²) >= 11 is 0. The highest BCUT2D eigenvalue weighted by Crippen LogP contribution is 2.45. The van der Waals surface area contributed by atoms with Gasteiger partial charge in [-0.3, -0.25) is 0 Å². The fraction of sp³-hybridized carbons (Fsp3) is 0.0196. The fourth-order valence-electron chi connectivity index (χ4n) is 8.18. The number of aromatic nitrogens is 1. The van der Waals surface area contributed by atoms with Gasteiger partial charge in [0.1, 0.15) is 0 Å². The molecule has 1 aromatic heterocycles. The van der Waals surface area contributed by atoms with E-state index in [0.29, 0.717) is 0 Å². The van der Waals surface area contributed by atoms with Gasteiger partial charge in [-0.1, -0.05) is 158 Å². The molecule has 0 radical (unpaired) electrons. The van der Waals surface area contributed by atoms with Crippen LogP contribution in [0.5, 0.6) is 0 Å². The molecule has 250 valence electrons. The standard InChI is InChI=1S/C51H36N2/c1-52(40-15-6-3-7-16-40)41-31-27-38(28-32-41)36-23-25-39(26-24-36)43-21-12-22-48-49(43)50-46-19-10-8-17-44(46)45-18-9-11-20-47(45)51(50)53(48)42-33-29-37(30-34-42)35-13-4-2-5-14-35/h2-34H,1H3. The van der Waals surface area contributed by atoms with Crippen LogP contribution in [-0.4, -0.2) is 11.6 Å². The molecule has 2 heteroatoms. The van der Waals surface area contributed by atoms with Gasteiger partial charge in [-0.25, -0.2) is 0 Å². The minimum absolute atomic E-state index is 1.15. The number of fused-ring (bicyclic) bond motifs is 8. The number of hydrogen-bond donors (Lipinski definition) is 0. The van der Waals surface area contributed by atoms with Crippen LogP contribution in [0.4, 0.5) is 11.4 Å². The van der Waals surface area contributed by atoms with E-state index in [-0.39, 0.29) is 0 Å². The zero-order valence-electron chi connectivity index (χ0n) is 29.4. The fourth-order valence-corrected chi connectivity index (χ4v) is 8.18. The highest BCUT2D eigenvalue weighted by atomic mass is 15.1. The summed E-state index contributed by atoms with van der Waals surface area (Å²) in [6.07, 6.45) is 0. The molecule has 0 unspecified atom stereocenters. The third-order valence-corrected chi connectivity index (χ3v) is 10.8. The van der Waals surface area contributed by atoms with Crippen molar-refractivity contribution in [1.29, 1.82) is 0 Å². The Morgan fingerprint density at radius 3 is 1.47 bits per heavy atom. The lowest BCUT2D eigenvalue weighted by Crippen LogP contribution is -2.08. The second-order valence-corrected chi connectivity index (χ2v) is 13.8. The van der Waals surface area contributed by atoms with Crippen LogP contribution in [0.2, 0.25) is 0 Å². The topological polar surface area (TPSA) is 8.17 Å². The van der Waals surface area contributed by atoms with Crippen molar-refractivity contribution >= 4 is 54.7 Å². The summed E-state index contributed by atoms with van der Waals surface area (Å²) in [6, 6.07) is 72.7. The van der Waals surface area contributed by atoms with Crippen molar-refractivity contribution in [3.8, 4) is 39.1 Å². The molecule has 0 N–H and O–H groups in total. The van der Waals surface area contributed by atoms with Crippen LogP contribution in [0.15, 0.2) is 200 Å². The SMILES string of the molecule is CN(c1ccccc1)c1ccc(-c2ccc(-c3cccc4c3c3c5ccccc5c5ccccc5c3n4-c3ccc(-c4ccccc4)cc3)cc2)cc1. The van der Waals surface area contributed by atoms with E-state index in [1.165, 1.54) is 82.4 Å². The van der Waals surface area contributed by atoms with Gasteiger partial charge in [0, 0.05) is 40.3 Å². The van der Waals surface area contributed by atoms with E-state index < -0.39 is 0 Å². The predicted octanol–water partition coefficient (Wildman–Crippen LogP) is 13.9. The van der Waals surface area contributed by atoms with Crippen molar-refractivity contribution in [2.75, 3.05) is 11.9 Å². The van der Waals surface area contributed by atoms with Crippen molar-refractivity contribution in [1.82, 2.24) is 4.57 Å². The van der Waals surface area contributed by atoms with E-state index in [0.717, 1.165) is 11.4 Å². The Balaban J connectivity index is 1.14. The number of hydrogen-bond acceptors (Lipinski definition) is 1. The lowest BCUT2D eigenvalue weighted by molar-refractivity contribution is 1.19. The van der Waals surface area contributed by atoms with Gasteiger partial charge in [0.25, 0.3) is 0 Å². The molecule has 9 aromatic carbocycles. The maximum atomic E-state index is 2.49. The highest BCUT2D eigenvalue weighted by Gasteiger charge is 2.21. The summed E-state index contributed by atoms with van der Waals surface area (Å²) in [6.45, 7) is 0. The number of benzene rings is 9. The zero-order valence-corrected chi connectivity index (χ0v) is 29.4. The Labute approximate surface area is 309 Å². The Kier molecular flexibility index (Phi) is 7.40. The third-order valence-electron chi connectivity index (χ3n) is 10.8. The van der Waals surface area contributed by atoms with Crippen LogP contribution in [0.3, 0.4) is 0 Å². The first-order valence-corrected chi connectivity index (χ1v) is 18.2. The molecule has 0 aliphatic heterocycles. The van der Waals surface area contributed by atoms with E-state index in [4.69, 9.17) is 0 Å². The third kappa shape index (κ3) is 5.19. The molecule has 0 aliphatic carbocycles. The summed E-state index contributed by atoms with van der Waals surface area (Å²) in [5.74, 6) is 0. The van der Waals surface area contributed by atoms with E-state index in [1.54, 1.807) is 0 Å². The Bertz CT molecular complexity index is 2900. The van der Waals surface area contributed by atoms with Crippen molar-refractivity contribution in [2.45, 2.75) is 0 Å². The summed E-state index contributed by atoms with van der Waals surface area (Å²) in [4.78, 5) is 2.22. The molecule has 0 fully saturated rings. The predicted molar refractivity (Wildman–Crippen MR) is 227 cm³/mol. The molecule has 0 bridgehead atoms.